The molecule has 1 amide bonds. The van der Waals surface area contributed by atoms with Gasteiger partial charge in [-0.1, -0.05) is 19.9 Å². The number of nitrogen functional groups attached to an aromatic ring is 1. The molecule has 20 heavy (non-hydrogen) atoms. The summed E-state index contributed by atoms with van der Waals surface area (Å²) in [5, 5.41) is 2.78. The zero-order valence-electron chi connectivity index (χ0n) is 12.4. The van der Waals surface area contributed by atoms with Gasteiger partial charge in [0.2, 0.25) is 5.91 Å². The Morgan fingerprint density at radius 3 is 2.70 bits per heavy atom. The molecule has 0 spiro atoms. The van der Waals surface area contributed by atoms with E-state index in [0.717, 1.165) is 11.3 Å². The number of nitrogens with two attached hydrogens (primary N) is 1. The number of ether oxygens (including phenoxy) is 2. The van der Waals surface area contributed by atoms with E-state index in [1.54, 1.807) is 12.1 Å². The minimum atomic E-state index is -0.192. The Hall–Kier alpha value is -1.59. The molecule has 0 aromatic heterocycles. The van der Waals surface area contributed by atoms with Crippen LogP contribution >= 0.6 is 0 Å². The lowest BCUT2D eigenvalue weighted by Crippen LogP contribution is -2.20. The van der Waals surface area contributed by atoms with Gasteiger partial charge >= 0.3 is 0 Å². The van der Waals surface area contributed by atoms with Gasteiger partial charge in [0.15, 0.2) is 0 Å². The zero-order chi connectivity index (χ0) is 15.0. The number of hydrogen-bond donors (Lipinski definition) is 2. The quantitative estimate of drug-likeness (QED) is 0.565. The van der Waals surface area contributed by atoms with Gasteiger partial charge in [0.25, 0.3) is 0 Å². The number of hydrogen-bond acceptors (Lipinski definition) is 4. The fourth-order valence-corrected chi connectivity index (χ4v) is 1.56. The Bertz CT molecular complexity index is 433. The van der Waals surface area contributed by atoms with Crippen molar-refractivity contribution in [3.63, 3.8) is 0 Å². The van der Waals surface area contributed by atoms with E-state index in [0.29, 0.717) is 31.4 Å². The lowest BCUT2D eigenvalue weighted by Gasteiger charge is -2.10. The van der Waals surface area contributed by atoms with E-state index >= 15 is 0 Å². The SMILES string of the molecule is Cc1ccc(N)cc1NC(=O)COCCOCC(C)C. The summed E-state index contributed by atoms with van der Waals surface area (Å²) in [6, 6.07) is 5.40. The summed E-state index contributed by atoms with van der Waals surface area (Å²) in [7, 11) is 0. The van der Waals surface area contributed by atoms with Crippen LogP contribution in [0.1, 0.15) is 19.4 Å². The molecule has 0 radical (unpaired) electrons. The third-order valence-electron chi connectivity index (χ3n) is 2.59. The Kier molecular flexibility index (Phi) is 7.04. The van der Waals surface area contributed by atoms with Gasteiger partial charge in [0, 0.05) is 18.0 Å². The molecule has 5 nitrogen and oxygen atoms in total. The van der Waals surface area contributed by atoms with Crippen molar-refractivity contribution < 1.29 is 14.3 Å². The highest BCUT2D eigenvalue weighted by molar-refractivity contribution is 5.92. The molecule has 0 bridgehead atoms. The summed E-state index contributed by atoms with van der Waals surface area (Å²) < 4.78 is 10.6. The summed E-state index contributed by atoms with van der Waals surface area (Å²) >= 11 is 0. The van der Waals surface area contributed by atoms with Gasteiger partial charge in [0.1, 0.15) is 6.61 Å². The van der Waals surface area contributed by atoms with Crippen LogP contribution in [0.15, 0.2) is 18.2 Å². The molecule has 0 aliphatic carbocycles. The van der Waals surface area contributed by atoms with Crippen molar-refractivity contribution in [2.75, 3.05) is 37.5 Å². The summed E-state index contributed by atoms with van der Waals surface area (Å²) in [6.45, 7) is 7.72. The van der Waals surface area contributed by atoms with Gasteiger partial charge in [-0.2, -0.15) is 0 Å². The number of anilines is 2. The van der Waals surface area contributed by atoms with E-state index in [1.165, 1.54) is 0 Å². The minimum Gasteiger partial charge on any atom is -0.399 e. The highest BCUT2D eigenvalue weighted by Gasteiger charge is 2.05. The van der Waals surface area contributed by atoms with Crippen LogP contribution in [0.2, 0.25) is 0 Å². The topological polar surface area (TPSA) is 73.6 Å². The maximum Gasteiger partial charge on any atom is 0.250 e. The fraction of sp³-hybridized carbons (Fsp3) is 0.533. The number of benzene rings is 1. The van der Waals surface area contributed by atoms with E-state index in [-0.39, 0.29) is 12.5 Å². The molecule has 5 heteroatoms. The predicted octanol–water partition coefficient (Wildman–Crippen LogP) is 2.20. The van der Waals surface area contributed by atoms with Crippen molar-refractivity contribution in [1.82, 2.24) is 0 Å². The lowest BCUT2D eigenvalue weighted by molar-refractivity contribution is -0.121. The van der Waals surface area contributed by atoms with Gasteiger partial charge in [-0.3, -0.25) is 4.79 Å². The number of nitrogens with one attached hydrogen (secondary N) is 1. The van der Waals surface area contributed by atoms with Crippen LogP contribution in [0, 0.1) is 12.8 Å². The summed E-state index contributed by atoms with van der Waals surface area (Å²) in [6.07, 6.45) is 0. The van der Waals surface area contributed by atoms with Gasteiger partial charge in [0.05, 0.1) is 13.2 Å². The van der Waals surface area contributed by atoms with Crippen molar-refractivity contribution in [3.05, 3.63) is 23.8 Å². The molecule has 0 unspecified atom stereocenters. The second-order valence-corrected chi connectivity index (χ2v) is 5.14. The van der Waals surface area contributed by atoms with Crippen LogP contribution in [0.3, 0.4) is 0 Å². The first-order chi connectivity index (χ1) is 9.49. The van der Waals surface area contributed by atoms with Crippen molar-refractivity contribution >= 4 is 17.3 Å². The molecule has 0 aliphatic heterocycles. The number of aryl methyl sites for hydroxylation is 1. The summed E-state index contributed by atoms with van der Waals surface area (Å²) in [5.41, 5.74) is 7.99. The maximum atomic E-state index is 11.7. The molecule has 0 saturated heterocycles. The average Bonchev–Trinajstić information content (AvgIpc) is 2.37. The third-order valence-corrected chi connectivity index (χ3v) is 2.59. The average molecular weight is 280 g/mol. The molecule has 0 saturated carbocycles. The predicted molar refractivity (Wildman–Crippen MR) is 80.7 cm³/mol. The number of rotatable bonds is 8. The summed E-state index contributed by atoms with van der Waals surface area (Å²) in [5.74, 6) is 0.312. The molecule has 1 aromatic rings. The molecular weight excluding hydrogens is 256 g/mol. The van der Waals surface area contributed by atoms with Crippen LogP contribution in [0.4, 0.5) is 11.4 Å². The van der Waals surface area contributed by atoms with Crippen LogP contribution in [0.5, 0.6) is 0 Å². The third kappa shape index (κ3) is 6.54. The van der Waals surface area contributed by atoms with Gasteiger partial charge < -0.3 is 20.5 Å². The first-order valence-electron chi connectivity index (χ1n) is 6.80. The monoisotopic (exact) mass is 280 g/mol. The van der Waals surface area contributed by atoms with Crippen LogP contribution in [-0.2, 0) is 14.3 Å². The van der Waals surface area contributed by atoms with Gasteiger partial charge in [-0.25, -0.2) is 0 Å². The van der Waals surface area contributed by atoms with Crippen molar-refractivity contribution in [3.8, 4) is 0 Å². The van der Waals surface area contributed by atoms with E-state index in [4.69, 9.17) is 15.2 Å². The summed E-state index contributed by atoms with van der Waals surface area (Å²) in [4.78, 5) is 11.7. The van der Waals surface area contributed by atoms with Gasteiger partial charge in [-0.05, 0) is 30.5 Å². The molecule has 1 rings (SSSR count). The molecule has 0 fully saturated rings. The van der Waals surface area contributed by atoms with Gasteiger partial charge in [-0.15, -0.1) is 0 Å². The van der Waals surface area contributed by atoms with E-state index in [1.807, 2.05) is 13.0 Å². The van der Waals surface area contributed by atoms with Crippen LogP contribution in [0.25, 0.3) is 0 Å². The van der Waals surface area contributed by atoms with Crippen LogP contribution in [-0.4, -0.2) is 32.3 Å². The number of carbonyl (C=O) groups is 1. The molecule has 0 atom stereocenters. The standard InChI is InChI=1S/C15H24N2O3/c1-11(2)9-19-6-7-20-10-15(18)17-14-8-13(16)5-4-12(14)3/h4-5,8,11H,6-7,9-10,16H2,1-3H3,(H,17,18). The molecular formula is C15H24N2O3. The number of carbonyl (C=O) groups excluding carboxylic acids is 1. The Labute approximate surface area is 120 Å². The highest BCUT2D eigenvalue weighted by atomic mass is 16.5. The lowest BCUT2D eigenvalue weighted by atomic mass is 10.2. The van der Waals surface area contributed by atoms with E-state index in [9.17, 15) is 4.79 Å². The Morgan fingerprint density at radius 1 is 1.30 bits per heavy atom. The Morgan fingerprint density at radius 2 is 2.00 bits per heavy atom. The fourth-order valence-electron chi connectivity index (χ4n) is 1.56. The van der Waals surface area contributed by atoms with Crippen molar-refractivity contribution in [2.24, 2.45) is 5.92 Å². The second-order valence-electron chi connectivity index (χ2n) is 5.14. The second kappa shape index (κ2) is 8.55. The van der Waals surface area contributed by atoms with Crippen molar-refractivity contribution in [2.45, 2.75) is 20.8 Å². The Balaban J connectivity index is 2.22. The number of amides is 1. The smallest absolute Gasteiger partial charge is 0.250 e. The van der Waals surface area contributed by atoms with Crippen molar-refractivity contribution in [1.29, 1.82) is 0 Å². The first kappa shape index (κ1) is 16.5. The molecule has 0 aliphatic rings. The highest BCUT2D eigenvalue weighted by Crippen LogP contribution is 2.17. The van der Waals surface area contributed by atoms with E-state index < -0.39 is 0 Å². The molecule has 3 N–H and O–H groups in total. The first-order valence-corrected chi connectivity index (χ1v) is 6.80. The van der Waals surface area contributed by atoms with Crippen LogP contribution < -0.4 is 11.1 Å². The largest absolute Gasteiger partial charge is 0.399 e. The molecule has 1 aromatic carbocycles. The molecule has 0 heterocycles. The minimum absolute atomic E-state index is 0.0132. The maximum absolute atomic E-state index is 11.7. The van der Waals surface area contributed by atoms with E-state index in [2.05, 4.69) is 19.2 Å². The zero-order valence-corrected chi connectivity index (χ0v) is 12.4. The molecule has 112 valence electrons. The normalized spacial score (nSPS) is 10.8.